The van der Waals surface area contributed by atoms with Gasteiger partial charge in [-0.2, -0.15) is 0 Å². The van der Waals surface area contributed by atoms with Crippen LogP contribution in [0.3, 0.4) is 0 Å². The number of rotatable bonds is 3. The van der Waals surface area contributed by atoms with Gasteiger partial charge < -0.3 is 5.43 Å². The lowest BCUT2D eigenvalue weighted by Gasteiger charge is -2.12. The van der Waals surface area contributed by atoms with Gasteiger partial charge in [-0.15, -0.1) is 0 Å². The molecule has 0 heterocycles. The van der Waals surface area contributed by atoms with Crippen LogP contribution in [-0.4, -0.2) is 0 Å². The lowest BCUT2D eigenvalue weighted by Crippen LogP contribution is -2.21. The third-order valence-electron chi connectivity index (χ3n) is 3.67. The topological polar surface area (TPSA) is 38.0 Å². The highest BCUT2D eigenvalue weighted by molar-refractivity contribution is 5.71. The Hall–Kier alpha value is -2.32. The predicted molar refractivity (Wildman–Crippen MR) is 84.5 cm³/mol. The number of allylic oxidation sites excluding steroid dienone is 3. The first-order chi connectivity index (χ1) is 9.88. The smallest absolute Gasteiger partial charge is 0.0555 e. The Labute approximate surface area is 119 Å². The summed E-state index contributed by atoms with van der Waals surface area (Å²) in [5.41, 5.74) is 8.86. The van der Waals surface area contributed by atoms with Crippen LogP contribution >= 0.6 is 0 Å². The van der Waals surface area contributed by atoms with Crippen LogP contribution in [0.15, 0.2) is 72.3 Å². The van der Waals surface area contributed by atoms with Gasteiger partial charge >= 0.3 is 0 Å². The van der Waals surface area contributed by atoms with Crippen LogP contribution in [0, 0.1) is 0 Å². The molecule has 0 saturated carbocycles. The normalized spacial score (nSPS) is 13.6. The first-order valence-electron chi connectivity index (χ1n) is 6.88. The first kappa shape index (κ1) is 12.7. The molecule has 0 amide bonds. The largest absolute Gasteiger partial charge is 0.324 e. The molecule has 0 atom stereocenters. The molecule has 0 radical (unpaired) electrons. The van der Waals surface area contributed by atoms with Crippen molar-refractivity contribution in [1.29, 1.82) is 0 Å². The van der Waals surface area contributed by atoms with E-state index in [-0.39, 0.29) is 0 Å². The fraction of sp³-hybridized carbons (Fsp3) is 0.111. The summed E-state index contributed by atoms with van der Waals surface area (Å²) in [4.78, 5) is 0. The Bertz CT molecular complexity index is 627. The van der Waals surface area contributed by atoms with Gasteiger partial charge in [0.1, 0.15) is 0 Å². The van der Waals surface area contributed by atoms with Gasteiger partial charge in [-0.1, -0.05) is 66.7 Å². The zero-order chi connectivity index (χ0) is 13.8. The van der Waals surface area contributed by atoms with E-state index in [0.29, 0.717) is 0 Å². The number of nitrogens with two attached hydrogens (primary N) is 1. The second-order valence-electron chi connectivity index (χ2n) is 4.95. The molecular weight excluding hydrogens is 244 g/mol. The molecular formula is C18H18N2. The van der Waals surface area contributed by atoms with Crippen molar-refractivity contribution in [2.75, 3.05) is 0 Å². The maximum atomic E-state index is 5.70. The summed E-state index contributed by atoms with van der Waals surface area (Å²) in [5.74, 6) is 5.70. The van der Waals surface area contributed by atoms with E-state index in [0.717, 1.165) is 24.1 Å². The number of hydrogen-bond donors (Lipinski definition) is 2. The zero-order valence-corrected chi connectivity index (χ0v) is 11.3. The van der Waals surface area contributed by atoms with Gasteiger partial charge in [0.2, 0.25) is 0 Å². The number of hydrazine groups is 1. The van der Waals surface area contributed by atoms with Gasteiger partial charge in [-0.05, 0) is 35.1 Å². The molecule has 2 aromatic carbocycles. The Balaban J connectivity index is 1.91. The lowest BCUT2D eigenvalue weighted by molar-refractivity contribution is 0.964. The van der Waals surface area contributed by atoms with Crippen molar-refractivity contribution in [3.8, 4) is 11.1 Å². The van der Waals surface area contributed by atoms with Crippen molar-refractivity contribution in [3.63, 3.8) is 0 Å². The highest BCUT2D eigenvalue weighted by atomic mass is 15.2. The van der Waals surface area contributed by atoms with Crippen LogP contribution in [0.5, 0.6) is 0 Å². The molecule has 3 N–H and O–H groups in total. The van der Waals surface area contributed by atoms with Crippen molar-refractivity contribution in [3.05, 3.63) is 77.9 Å². The third kappa shape index (κ3) is 2.51. The molecule has 0 bridgehead atoms. The second-order valence-corrected chi connectivity index (χ2v) is 4.95. The maximum absolute atomic E-state index is 5.70. The summed E-state index contributed by atoms with van der Waals surface area (Å²) in [7, 11) is 0. The van der Waals surface area contributed by atoms with Crippen LogP contribution < -0.4 is 11.3 Å². The highest BCUT2D eigenvalue weighted by Gasteiger charge is 2.10. The lowest BCUT2D eigenvalue weighted by atomic mass is 10.0. The standard InChI is InChI=1S/C18H18N2/c19-20-18(16-8-4-5-9-16)17-12-10-15(11-13-17)14-6-2-1-3-7-14/h1-7,10-13,20H,8-9,19H2. The molecule has 0 saturated heterocycles. The van der Waals surface area contributed by atoms with Crippen LogP contribution in [0.25, 0.3) is 16.8 Å². The zero-order valence-electron chi connectivity index (χ0n) is 11.3. The van der Waals surface area contributed by atoms with E-state index in [4.69, 9.17) is 5.84 Å². The third-order valence-corrected chi connectivity index (χ3v) is 3.67. The monoisotopic (exact) mass is 262 g/mol. The molecule has 1 aliphatic carbocycles. The summed E-state index contributed by atoms with van der Waals surface area (Å²) in [6.07, 6.45) is 6.34. The molecule has 3 rings (SSSR count). The molecule has 100 valence electrons. The van der Waals surface area contributed by atoms with E-state index in [1.807, 2.05) is 6.07 Å². The minimum Gasteiger partial charge on any atom is -0.324 e. The fourth-order valence-corrected chi connectivity index (χ4v) is 2.59. The van der Waals surface area contributed by atoms with E-state index in [9.17, 15) is 0 Å². The van der Waals surface area contributed by atoms with Crippen LogP contribution in [0.4, 0.5) is 0 Å². The van der Waals surface area contributed by atoms with E-state index >= 15 is 0 Å². The Kier molecular flexibility index (Phi) is 3.66. The van der Waals surface area contributed by atoms with E-state index in [1.165, 1.54) is 16.7 Å². The quantitative estimate of drug-likeness (QED) is 0.500. The first-order valence-corrected chi connectivity index (χ1v) is 6.88. The summed E-state index contributed by atoms with van der Waals surface area (Å²) >= 11 is 0. The van der Waals surface area contributed by atoms with E-state index in [2.05, 4.69) is 66.1 Å². The van der Waals surface area contributed by atoms with E-state index in [1.54, 1.807) is 0 Å². The molecule has 2 aromatic rings. The molecule has 0 fully saturated rings. The summed E-state index contributed by atoms with van der Waals surface area (Å²) in [6.45, 7) is 0. The molecule has 2 heteroatoms. The van der Waals surface area contributed by atoms with Crippen LogP contribution in [-0.2, 0) is 0 Å². The molecule has 1 aliphatic rings. The van der Waals surface area contributed by atoms with E-state index < -0.39 is 0 Å². The van der Waals surface area contributed by atoms with Gasteiger partial charge in [0.05, 0.1) is 5.70 Å². The van der Waals surface area contributed by atoms with Gasteiger partial charge in [0.15, 0.2) is 0 Å². The van der Waals surface area contributed by atoms with Gasteiger partial charge in [-0.3, -0.25) is 5.84 Å². The van der Waals surface area contributed by atoms with Crippen LogP contribution in [0.1, 0.15) is 18.4 Å². The van der Waals surface area contributed by atoms with Crippen molar-refractivity contribution in [2.24, 2.45) is 5.84 Å². The fourth-order valence-electron chi connectivity index (χ4n) is 2.59. The van der Waals surface area contributed by atoms with Crippen molar-refractivity contribution >= 4 is 5.70 Å². The predicted octanol–water partition coefficient (Wildman–Crippen LogP) is 3.88. The number of hydrogen-bond acceptors (Lipinski definition) is 2. The number of benzene rings is 2. The van der Waals surface area contributed by atoms with Crippen molar-refractivity contribution in [1.82, 2.24) is 5.43 Å². The SMILES string of the molecule is NNC(=C1CC=CC1)c1ccc(-c2ccccc2)cc1. The summed E-state index contributed by atoms with van der Waals surface area (Å²) in [5, 5.41) is 0. The Morgan fingerprint density at radius 3 is 2.00 bits per heavy atom. The summed E-state index contributed by atoms with van der Waals surface area (Å²) < 4.78 is 0. The van der Waals surface area contributed by atoms with Crippen LogP contribution in [0.2, 0.25) is 0 Å². The summed E-state index contributed by atoms with van der Waals surface area (Å²) in [6, 6.07) is 18.9. The van der Waals surface area contributed by atoms with Gasteiger partial charge in [-0.25, -0.2) is 0 Å². The maximum Gasteiger partial charge on any atom is 0.0555 e. The highest BCUT2D eigenvalue weighted by Crippen LogP contribution is 2.27. The molecule has 0 spiro atoms. The molecule has 20 heavy (non-hydrogen) atoms. The molecule has 0 unspecified atom stereocenters. The Morgan fingerprint density at radius 1 is 0.800 bits per heavy atom. The second kappa shape index (κ2) is 5.76. The van der Waals surface area contributed by atoms with Crippen molar-refractivity contribution < 1.29 is 0 Å². The van der Waals surface area contributed by atoms with Gasteiger partial charge in [0, 0.05) is 0 Å². The average molecular weight is 262 g/mol. The number of nitrogens with one attached hydrogen (secondary N) is 1. The minimum atomic E-state index is 0.986. The minimum absolute atomic E-state index is 0.986. The molecule has 0 aliphatic heterocycles. The Morgan fingerprint density at radius 2 is 1.40 bits per heavy atom. The van der Waals surface area contributed by atoms with Gasteiger partial charge in [0.25, 0.3) is 0 Å². The van der Waals surface area contributed by atoms with Crippen molar-refractivity contribution in [2.45, 2.75) is 12.8 Å². The average Bonchev–Trinajstić information content (AvgIpc) is 3.04. The molecule has 2 nitrogen and oxygen atoms in total. The molecule has 0 aromatic heterocycles.